The summed E-state index contributed by atoms with van der Waals surface area (Å²) in [6.45, 7) is 6.95. The van der Waals surface area contributed by atoms with Gasteiger partial charge in [0, 0.05) is 37.5 Å². The first-order valence-electron chi connectivity index (χ1n) is 9.75. The number of fused-ring (bicyclic) bond motifs is 1. The molecule has 1 aliphatic rings. The number of amides is 1. The number of aromatic hydroxyl groups is 1. The summed E-state index contributed by atoms with van der Waals surface area (Å²) in [6, 6.07) is 5.20. The van der Waals surface area contributed by atoms with Gasteiger partial charge in [0.25, 0.3) is 0 Å². The third-order valence-corrected chi connectivity index (χ3v) is 5.94. The number of nitrogens with zero attached hydrogens (tertiary/aromatic N) is 4. The molecule has 1 saturated heterocycles. The molecule has 31 heavy (non-hydrogen) atoms. The molecule has 0 unspecified atom stereocenters. The number of aromatic nitrogens is 2. The first kappa shape index (κ1) is 21.2. The smallest absolute Gasteiger partial charge is 0.219 e. The molecule has 3 aromatic rings. The van der Waals surface area contributed by atoms with Crippen LogP contribution in [0, 0.1) is 11.6 Å². The van der Waals surface area contributed by atoms with Crippen LogP contribution in [0.5, 0.6) is 5.75 Å². The predicted octanol–water partition coefficient (Wildman–Crippen LogP) is 4.38. The van der Waals surface area contributed by atoms with E-state index >= 15 is 4.39 Å². The number of anilines is 1. The predicted molar refractivity (Wildman–Crippen MR) is 115 cm³/mol. The number of piperazine rings is 1. The average Bonchev–Trinajstić information content (AvgIpc) is 2.69. The van der Waals surface area contributed by atoms with E-state index in [0.29, 0.717) is 30.8 Å². The average molecular weight is 447 g/mol. The minimum atomic E-state index is -0.841. The molecular weight excluding hydrogens is 426 g/mol. The van der Waals surface area contributed by atoms with Gasteiger partial charge in [-0.3, -0.25) is 4.79 Å². The molecule has 2 heterocycles. The van der Waals surface area contributed by atoms with E-state index in [1.54, 1.807) is 4.90 Å². The number of phenols is 1. The molecule has 0 saturated carbocycles. The van der Waals surface area contributed by atoms with Crippen LogP contribution in [0.15, 0.2) is 30.6 Å². The summed E-state index contributed by atoms with van der Waals surface area (Å²) in [7, 11) is 0. The summed E-state index contributed by atoms with van der Waals surface area (Å²) in [6.07, 6.45) is 1.24. The lowest BCUT2D eigenvalue weighted by Crippen LogP contribution is -2.60. The van der Waals surface area contributed by atoms with Crippen molar-refractivity contribution in [3.05, 3.63) is 47.2 Å². The third kappa shape index (κ3) is 3.54. The molecule has 1 N–H and O–H groups in total. The zero-order valence-electron chi connectivity index (χ0n) is 17.3. The Hall–Kier alpha value is -3.00. The SMILES string of the molecule is CC(=O)N1CCN(c2ncnc3c(F)c(-c4c(O)cccc4F)c(Cl)cc23)C(C)(C)C1. The van der Waals surface area contributed by atoms with Crippen molar-refractivity contribution in [2.45, 2.75) is 26.3 Å². The van der Waals surface area contributed by atoms with Crippen molar-refractivity contribution < 1.29 is 18.7 Å². The lowest BCUT2D eigenvalue weighted by Gasteiger charge is -2.47. The Kier molecular flexibility index (Phi) is 5.21. The highest BCUT2D eigenvalue weighted by Crippen LogP contribution is 2.42. The minimum absolute atomic E-state index is 0.0105. The van der Waals surface area contributed by atoms with Gasteiger partial charge in [0.15, 0.2) is 5.82 Å². The number of hydrogen-bond donors (Lipinski definition) is 1. The van der Waals surface area contributed by atoms with Crippen molar-refractivity contribution in [2.75, 3.05) is 24.5 Å². The molecular formula is C22H21ClF2N4O2. The maximum Gasteiger partial charge on any atom is 0.219 e. The molecule has 0 bridgehead atoms. The largest absolute Gasteiger partial charge is 0.507 e. The normalized spacial score (nSPS) is 16.1. The van der Waals surface area contributed by atoms with Gasteiger partial charge in [-0.15, -0.1) is 0 Å². The molecule has 162 valence electrons. The fraction of sp³-hybridized carbons (Fsp3) is 0.318. The third-order valence-electron chi connectivity index (χ3n) is 5.64. The number of phenolic OH excluding ortho intramolecular Hbond substituents is 1. The molecule has 1 fully saturated rings. The standard InChI is InChI=1S/C22H21ClF2N4O2/c1-12(30)28-7-8-29(22(2,3)10-28)21-13-9-14(23)17(19(25)20(13)26-11-27-21)18-15(24)5-4-6-16(18)31/h4-6,9,11,31H,7-8,10H2,1-3H3. The van der Waals surface area contributed by atoms with Crippen LogP contribution in [0.1, 0.15) is 20.8 Å². The number of hydrogen-bond acceptors (Lipinski definition) is 5. The summed E-state index contributed by atoms with van der Waals surface area (Å²) in [5.41, 5.74) is -1.08. The van der Waals surface area contributed by atoms with Crippen LogP contribution in [-0.2, 0) is 4.79 Å². The lowest BCUT2D eigenvalue weighted by molar-refractivity contribution is -0.130. The van der Waals surface area contributed by atoms with Gasteiger partial charge in [0.05, 0.1) is 16.1 Å². The van der Waals surface area contributed by atoms with E-state index in [0.717, 1.165) is 6.07 Å². The van der Waals surface area contributed by atoms with Gasteiger partial charge < -0.3 is 14.9 Å². The Balaban J connectivity index is 1.89. The summed E-state index contributed by atoms with van der Waals surface area (Å²) >= 11 is 6.39. The van der Waals surface area contributed by atoms with E-state index in [-0.39, 0.29) is 27.6 Å². The molecule has 0 radical (unpaired) electrons. The number of carbonyl (C=O) groups excluding carboxylic acids is 1. The van der Waals surface area contributed by atoms with E-state index in [1.807, 2.05) is 18.7 Å². The van der Waals surface area contributed by atoms with Crippen molar-refractivity contribution in [3.63, 3.8) is 0 Å². The zero-order valence-corrected chi connectivity index (χ0v) is 18.0. The highest BCUT2D eigenvalue weighted by Gasteiger charge is 2.36. The molecule has 1 amide bonds. The van der Waals surface area contributed by atoms with Crippen LogP contribution in [-0.4, -0.2) is 51.1 Å². The Morgan fingerprint density at radius 3 is 2.58 bits per heavy atom. The molecule has 1 aliphatic heterocycles. The molecule has 0 atom stereocenters. The maximum absolute atomic E-state index is 15.6. The van der Waals surface area contributed by atoms with Gasteiger partial charge in [-0.2, -0.15) is 0 Å². The second-order valence-corrected chi connectivity index (χ2v) is 8.59. The summed E-state index contributed by atoms with van der Waals surface area (Å²) in [5.74, 6) is -1.59. The minimum Gasteiger partial charge on any atom is -0.507 e. The molecule has 6 nitrogen and oxygen atoms in total. The summed E-state index contributed by atoms with van der Waals surface area (Å²) in [5, 5.41) is 10.4. The number of benzene rings is 2. The van der Waals surface area contributed by atoms with Crippen molar-refractivity contribution in [1.82, 2.24) is 14.9 Å². The second-order valence-electron chi connectivity index (χ2n) is 8.18. The highest BCUT2D eigenvalue weighted by molar-refractivity contribution is 6.34. The second kappa shape index (κ2) is 7.60. The van der Waals surface area contributed by atoms with Crippen LogP contribution in [0.3, 0.4) is 0 Å². The van der Waals surface area contributed by atoms with E-state index in [4.69, 9.17) is 11.6 Å². The van der Waals surface area contributed by atoms with Crippen molar-refractivity contribution in [1.29, 1.82) is 0 Å². The van der Waals surface area contributed by atoms with Crippen molar-refractivity contribution in [2.24, 2.45) is 0 Å². The molecule has 0 aliphatic carbocycles. The fourth-order valence-electron chi connectivity index (χ4n) is 4.14. The topological polar surface area (TPSA) is 69.6 Å². The number of carbonyl (C=O) groups is 1. The molecule has 0 spiro atoms. The van der Waals surface area contributed by atoms with E-state index in [2.05, 4.69) is 9.97 Å². The van der Waals surface area contributed by atoms with E-state index in [9.17, 15) is 14.3 Å². The van der Waals surface area contributed by atoms with Gasteiger partial charge in [-0.1, -0.05) is 17.7 Å². The van der Waals surface area contributed by atoms with Crippen LogP contribution in [0.25, 0.3) is 22.0 Å². The van der Waals surface area contributed by atoms with Crippen molar-refractivity contribution >= 4 is 34.2 Å². The van der Waals surface area contributed by atoms with E-state index < -0.39 is 22.9 Å². The highest BCUT2D eigenvalue weighted by atomic mass is 35.5. The van der Waals surface area contributed by atoms with Crippen LogP contribution < -0.4 is 4.90 Å². The van der Waals surface area contributed by atoms with E-state index in [1.165, 1.54) is 31.5 Å². The van der Waals surface area contributed by atoms with Gasteiger partial charge in [-0.25, -0.2) is 18.7 Å². The van der Waals surface area contributed by atoms with Crippen LogP contribution in [0.4, 0.5) is 14.6 Å². The molecule has 2 aromatic carbocycles. The van der Waals surface area contributed by atoms with Gasteiger partial charge in [0.1, 0.15) is 29.2 Å². The quantitative estimate of drug-likeness (QED) is 0.632. The van der Waals surface area contributed by atoms with Gasteiger partial charge in [-0.05, 0) is 32.0 Å². The van der Waals surface area contributed by atoms with Gasteiger partial charge in [0.2, 0.25) is 5.91 Å². The molecule has 1 aromatic heterocycles. The Morgan fingerprint density at radius 1 is 1.19 bits per heavy atom. The Labute approximate surface area is 183 Å². The number of halogens is 3. The zero-order chi connectivity index (χ0) is 22.5. The summed E-state index contributed by atoms with van der Waals surface area (Å²) in [4.78, 5) is 24.0. The van der Waals surface area contributed by atoms with Gasteiger partial charge >= 0.3 is 0 Å². The Bertz CT molecular complexity index is 1180. The van der Waals surface area contributed by atoms with Crippen molar-refractivity contribution in [3.8, 4) is 16.9 Å². The first-order chi connectivity index (χ1) is 14.6. The fourth-order valence-corrected chi connectivity index (χ4v) is 4.42. The number of rotatable bonds is 2. The van der Waals surface area contributed by atoms with Crippen LogP contribution >= 0.6 is 11.6 Å². The Morgan fingerprint density at radius 2 is 1.94 bits per heavy atom. The lowest BCUT2D eigenvalue weighted by atomic mass is 9.97. The summed E-state index contributed by atoms with van der Waals surface area (Å²) < 4.78 is 30.0. The first-order valence-corrected chi connectivity index (χ1v) is 10.1. The van der Waals surface area contributed by atoms with Crippen LogP contribution in [0.2, 0.25) is 5.02 Å². The maximum atomic E-state index is 15.6. The molecule has 9 heteroatoms. The molecule has 4 rings (SSSR count). The monoisotopic (exact) mass is 446 g/mol.